The molecule has 0 unspecified atom stereocenters. The number of aromatic nitrogens is 1. The summed E-state index contributed by atoms with van der Waals surface area (Å²) < 4.78 is 5.95. The second-order valence-corrected chi connectivity index (χ2v) is 6.83. The third kappa shape index (κ3) is 4.88. The number of ether oxygens (including phenoxy) is 1. The van der Waals surface area contributed by atoms with Crippen LogP contribution >= 0.6 is 0 Å². The van der Waals surface area contributed by atoms with Crippen molar-refractivity contribution in [3.63, 3.8) is 0 Å². The molecule has 3 rings (SSSR count). The summed E-state index contributed by atoms with van der Waals surface area (Å²) in [6.07, 6.45) is 2.26. The average molecular weight is 355 g/mol. The predicted octanol–water partition coefficient (Wildman–Crippen LogP) is 1.63. The second-order valence-electron chi connectivity index (χ2n) is 6.83. The van der Waals surface area contributed by atoms with Gasteiger partial charge in [-0.25, -0.2) is 4.98 Å². The molecule has 2 heterocycles. The van der Waals surface area contributed by atoms with Gasteiger partial charge >= 0.3 is 0 Å². The molecule has 2 N–H and O–H groups in total. The third-order valence-corrected chi connectivity index (χ3v) is 4.52. The van der Waals surface area contributed by atoms with Gasteiger partial charge in [-0.15, -0.1) is 0 Å². The van der Waals surface area contributed by atoms with Crippen LogP contribution in [0.3, 0.4) is 0 Å². The molecule has 138 valence electrons. The first-order valence-electron chi connectivity index (χ1n) is 8.82. The van der Waals surface area contributed by atoms with Crippen molar-refractivity contribution in [3.8, 4) is 0 Å². The summed E-state index contributed by atoms with van der Waals surface area (Å²) in [6.45, 7) is 3.86. The summed E-state index contributed by atoms with van der Waals surface area (Å²) in [5.41, 5.74) is 1.62. The van der Waals surface area contributed by atoms with Crippen LogP contribution in [0.2, 0.25) is 0 Å². The first kappa shape index (κ1) is 18.5. The Hall–Kier alpha value is -2.28. The lowest BCUT2D eigenvalue weighted by atomic mass is 9.92. The van der Waals surface area contributed by atoms with Crippen LogP contribution in [0.15, 0.2) is 48.7 Å². The third-order valence-electron chi connectivity index (χ3n) is 4.52. The zero-order chi connectivity index (χ0) is 18.4. The molecule has 6 nitrogen and oxygen atoms in total. The molecule has 1 amide bonds. The number of amides is 1. The van der Waals surface area contributed by atoms with E-state index in [4.69, 9.17) is 4.74 Å². The Kier molecular flexibility index (Phi) is 5.98. The van der Waals surface area contributed by atoms with E-state index in [-0.39, 0.29) is 19.1 Å². The van der Waals surface area contributed by atoms with Crippen LogP contribution in [0.4, 0.5) is 5.82 Å². The van der Waals surface area contributed by atoms with Gasteiger partial charge in [-0.3, -0.25) is 9.69 Å². The van der Waals surface area contributed by atoms with Crippen molar-refractivity contribution < 1.29 is 14.6 Å². The zero-order valence-electron chi connectivity index (χ0n) is 15.0. The van der Waals surface area contributed by atoms with Gasteiger partial charge in [-0.05, 0) is 24.6 Å². The van der Waals surface area contributed by atoms with Crippen LogP contribution in [0.1, 0.15) is 11.1 Å². The maximum Gasteiger partial charge on any atom is 0.239 e. The Balaban J connectivity index is 1.62. The van der Waals surface area contributed by atoms with Gasteiger partial charge in [0.2, 0.25) is 5.91 Å². The molecule has 2 aromatic rings. The van der Waals surface area contributed by atoms with Crippen LogP contribution < -0.4 is 5.32 Å². The largest absolute Gasteiger partial charge is 0.393 e. The second kappa shape index (κ2) is 8.40. The number of anilines is 1. The fourth-order valence-corrected chi connectivity index (χ4v) is 3.33. The van der Waals surface area contributed by atoms with Crippen molar-refractivity contribution in [3.05, 3.63) is 59.8 Å². The Labute approximate surface area is 153 Å². The molecule has 1 aliphatic rings. The monoisotopic (exact) mass is 355 g/mol. The zero-order valence-corrected chi connectivity index (χ0v) is 15.0. The number of morpholine rings is 1. The first-order chi connectivity index (χ1) is 12.6. The number of benzene rings is 1. The van der Waals surface area contributed by atoms with Gasteiger partial charge in [0.25, 0.3) is 0 Å². The van der Waals surface area contributed by atoms with Crippen LogP contribution in [0.5, 0.6) is 0 Å². The van der Waals surface area contributed by atoms with Gasteiger partial charge in [0.05, 0.1) is 19.8 Å². The molecule has 0 aliphatic carbocycles. The minimum absolute atomic E-state index is 0.0840. The van der Waals surface area contributed by atoms with Crippen LogP contribution in [0, 0.1) is 6.92 Å². The normalized spacial score (nSPS) is 20.7. The van der Waals surface area contributed by atoms with E-state index < -0.39 is 5.60 Å². The molecule has 6 heteroatoms. The highest BCUT2D eigenvalue weighted by Gasteiger charge is 2.37. The molecule has 1 fully saturated rings. The van der Waals surface area contributed by atoms with Crippen molar-refractivity contribution >= 4 is 11.7 Å². The lowest BCUT2D eigenvalue weighted by Gasteiger charge is -2.41. The Morgan fingerprint density at radius 2 is 2.23 bits per heavy atom. The van der Waals surface area contributed by atoms with E-state index in [1.807, 2.05) is 36.1 Å². The number of hydrogen-bond acceptors (Lipinski definition) is 5. The number of carbonyl (C=O) groups is 1. The van der Waals surface area contributed by atoms with E-state index >= 15 is 0 Å². The van der Waals surface area contributed by atoms with E-state index in [9.17, 15) is 9.90 Å². The Morgan fingerprint density at radius 3 is 2.96 bits per heavy atom. The average Bonchev–Trinajstić information content (AvgIpc) is 2.63. The van der Waals surface area contributed by atoms with Gasteiger partial charge in [0, 0.05) is 25.7 Å². The molecule has 0 saturated carbocycles. The van der Waals surface area contributed by atoms with Gasteiger partial charge < -0.3 is 15.2 Å². The minimum Gasteiger partial charge on any atom is -0.393 e. The molecule has 0 radical (unpaired) electrons. The Bertz CT molecular complexity index is 738. The lowest BCUT2D eigenvalue weighted by Crippen LogP contribution is -2.56. The number of nitrogens with one attached hydrogen (secondary N) is 1. The van der Waals surface area contributed by atoms with Crippen molar-refractivity contribution in [2.45, 2.75) is 18.9 Å². The smallest absolute Gasteiger partial charge is 0.239 e. The first-order valence-corrected chi connectivity index (χ1v) is 8.82. The fourth-order valence-electron chi connectivity index (χ4n) is 3.33. The minimum atomic E-state index is -0.683. The van der Waals surface area contributed by atoms with Crippen molar-refractivity contribution in [1.82, 2.24) is 9.88 Å². The number of aliphatic hydroxyl groups is 1. The topological polar surface area (TPSA) is 74.7 Å². The van der Waals surface area contributed by atoms with E-state index in [1.54, 1.807) is 18.3 Å². The number of rotatable bonds is 6. The lowest BCUT2D eigenvalue weighted by molar-refractivity contribution is -0.138. The van der Waals surface area contributed by atoms with Gasteiger partial charge in [-0.2, -0.15) is 0 Å². The molecule has 1 aliphatic heterocycles. The van der Waals surface area contributed by atoms with E-state index in [2.05, 4.69) is 16.4 Å². The number of carbonyl (C=O) groups excluding carboxylic acids is 1. The van der Waals surface area contributed by atoms with Crippen molar-refractivity contribution in [2.75, 3.05) is 38.2 Å². The van der Waals surface area contributed by atoms with Gasteiger partial charge in [0.1, 0.15) is 11.4 Å². The standard InChI is InChI=1S/C20H25N3O3/c1-16-5-4-6-17(11-16)12-20(15-24)14-23(9-10-26-20)13-19(25)22-18-7-2-3-8-21-18/h2-8,11,24H,9-10,12-15H2,1H3,(H,21,22,25)/t20-/m0/s1. The predicted molar refractivity (Wildman–Crippen MR) is 100.0 cm³/mol. The molecule has 1 aromatic heterocycles. The number of aryl methyl sites for hydroxylation is 1. The van der Waals surface area contributed by atoms with E-state index in [0.717, 1.165) is 5.56 Å². The van der Waals surface area contributed by atoms with Crippen LogP contribution in [-0.2, 0) is 16.0 Å². The number of hydrogen-bond donors (Lipinski definition) is 2. The Morgan fingerprint density at radius 1 is 1.35 bits per heavy atom. The number of nitrogens with zero attached hydrogens (tertiary/aromatic N) is 2. The van der Waals surface area contributed by atoms with Gasteiger partial charge in [-0.1, -0.05) is 35.9 Å². The molecule has 1 aromatic carbocycles. The fraction of sp³-hybridized carbons (Fsp3) is 0.400. The summed E-state index contributed by atoms with van der Waals surface area (Å²) in [5.74, 6) is 0.423. The number of aliphatic hydroxyl groups excluding tert-OH is 1. The highest BCUT2D eigenvalue weighted by Crippen LogP contribution is 2.23. The molecule has 0 bridgehead atoms. The van der Waals surface area contributed by atoms with Crippen molar-refractivity contribution in [2.24, 2.45) is 0 Å². The molecule has 0 spiro atoms. The highest BCUT2D eigenvalue weighted by atomic mass is 16.5. The highest BCUT2D eigenvalue weighted by molar-refractivity contribution is 5.91. The summed E-state index contributed by atoms with van der Waals surface area (Å²) in [4.78, 5) is 18.4. The summed E-state index contributed by atoms with van der Waals surface area (Å²) in [5, 5.41) is 12.8. The summed E-state index contributed by atoms with van der Waals surface area (Å²) in [6, 6.07) is 13.6. The SMILES string of the molecule is Cc1cccc(C[C@@]2(CO)CN(CC(=O)Nc3ccccn3)CCO2)c1. The van der Waals surface area contributed by atoms with Crippen molar-refractivity contribution in [1.29, 1.82) is 0 Å². The van der Waals surface area contributed by atoms with E-state index in [1.165, 1.54) is 5.56 Å². The van der Waals surface area contributed by atoms with Gasteiger partial charge in [0.15, 0.2) is 0 Å². The summed E-state index contributed by atoms with van der Waals surface area (Å²) in [7, 11) is 0. The molecule has 1 saturated heterocycles. The maximum atomic E-state index is 12.3. The molecular weight excluding hydrogens is 330 g/mol. The maximum absolute atomic E-state index is 12.3. The quantitative estimate of drug-likeness (QED) is 0.824. The van der Waals surface area contributed by atoms with Crippen LogP contribution in [-0.4, -0.2) is 59.3 Å². The molecule has 26 heavy (non-hydrogen) atoms. The van der Waals surface area contributed by atoms with Crippen LogP contribution in [0.25, 0.3) is 0 Å². The summed E-state index contributed by atoms with van der Waals surface area (Å²) >= 11 is 0. The molecule has 1 atom stereocenters. The molecular formula is C20H25N3O3. The number of pyridine rings is 1. The van der Waals surface area contributed by atoms with E-state index in [0.29, 0.717) is 31.9 Å².